The summed E-state index contributed by atoms with van der Waals surface area (Å²) < 4.78 is 11.3. The van der Waals surface area contributed by atoms with Crippen LogP contribution in [-0.2, 0) is 4.79 Å². The summed E-state index contributed by atoms with van der Waals surface area (Å²) in [4.78, 5) is 15.9. The number of anilines is 1. The van der Waals surface area contributed by atoms with Gasteiger partial charge in [-0.15, -0.1) is 10.2 Å². The molecule has 1 saturated heterocycles. The van der Waals surface area contributed by atoms with Crippen LogP contribution in [0.15, 0.2) is 42.5 Å². The largest absolute Gasteiger partial charge is 0.484 e. The van der Waals surface area contributed by atoms with Crippen LogP contribution in [0.4, 0.5) is 5.82 Å². The first-order valence-electron chi connectivity index (χ1n) is 8.25. The number of carbonyl (C=O) groups excluding carboxylic acids is 1. The summed E-state index contributed by atoms with van der Waals surface area (Å²) >= 11 is 0. The van der Waals surface area contributed by atoms with E-state index in [1.165, 1.54) is 0 Å². The summed E-state index contributed by atoms with van der Waals surface area (Å²) in [5.41, 5.74) is 0. The number of aromatic nitrogens is 2. The molecule has 1 fully saturated rings. The van der Waals surface area contributed by atoms with Crippen LogP contribution in [0.2, 0.25) is 0 Å². The van der Waals surface area contributed by atoms with Crippen molar-refractivity contribution >= 4 is 11.7 Å². The SMILES string of the molecule is CN(C)c1ccc(OC2CCN(C(=O)COc3ccccc3)C2)nn1. The third kappa shape index (κ3) is 4.59. The number of carbonyl (C=O) groups is 1. The molecule has 1 aromatic heterocycles. The molecule has 3 rings (SSSR count). The lowest BCUT2D eigenvalue weighted by atomic mass is 10.3. The molecule has 0 bridgehead atoms. The highest BCUT2D eigenvalue weighted by molar-refractivity contribution is 5.78. The second kappa shape index (κ2) is 7.83. The van der Waals surface area contributed by atoms with Gasteiger partial charge in [-0.3, -0.25) is 4.79 Å². The third-order valence-electron chi connectivity index (χ3n) is 3.97. The van der Waals surface area contributed by atoms with Gasteiger partial charge >= 0.3 is 0 Å². The summed E-state index contributed by atoms with van der Waals surface area (Å²) in [5, 5.41) is 8.16. The van der Waals surface area contributed by atoms with Crippen LogP contribution in [0.3, 0.4) is 0 Å². The molecule has 1 aromatic carbocycles. The number of rotatable bonds is 6. The molecule has 0 N–H and O–H groups in total. The van der Waals surface area contributed by atoms with Crippen LogP contribution in [0, 0.1) is 0 Å². The van der Waals surface area contributed by atoms with E-state index in [-0.39, 0.29) is 18.6 Å². The number of hydrogen-bond acceptors (Lipinski definition) is 6. The van der Waals surface area contributed by atoms with Crippen molar-refractivity contribution in [3.05, 3.63) is 42.5 Å². The lowest BCUT2D eigenvalue weighted by Gasteiger charge is -2.17. The maximum Gasteiger partial charge on any atom is 0.260 e. The molecule has 132 valence electrons. The molecule has 2 heterocycles. The van der Waals surface area contributed by atoms with Gasteiger partial charge in [-0.2, -0.15) is 0 Å². The molecule has 0 aliphatic carbocycles. The van der Waals surface area contributed by atoms with Crippen LogP contribution in [0.25, 0.3) is 0 Å². The van der Waals surface area contributed by atoms with Crippen LogP contribution in [0.1, 0.15) is 6.42 Å². The summed E-state index contributed by atoms with van der Waals surface area (Å²) in [7, 11) is 3.81. The van der Waals surface area contributed by atoms with Gasteiger partial charge in [-0.05, 0) is 18.2 Å². The summed E-state index contributed by atoms with van der Waals surface area (Å²) in [5.74, 6) is 1.90. The normalized spacial score (nSPS) is 16.6. The Morgan fingerprint density at radius 1 is 1.20 bits per heavy atom. The quantitative estimate of drug-likeness (QED) is 0.794. The van der Waals surface area contributed by atoms with Crippen molar-refractivity contribution < 1.29 is 14.3 Å². The molecule has 1 aliphatic heterocycles. The predicted octanol–water partition coefficient (Wildman–Crippen LogP) is 1.60. The van der Waals surface area contributed by atoms with E-state index in [0.29, 0.717) is 24.7 Å². The molecule has 1 aliphatic rings. The molecule has 0 spiro atoms. The molecule has 0 radical (unpaired) electrons. The fraction of sp³-hybridized carbons (Fsp3) is 0.389. The number of ether oxygens (including phenoxy) is 2. The Morgan fingerprint density at radius 3 is 2.68 bits per heavy atom. The minimum atomic E-state index is -0.0693. The number of likely N-dealkylation sites (tertiary alicyclic amines) is 1. The van der Waals surface area contributed by atoms with E-state index in [1.807, 2.05) is 55.4 Å². The lowest BCUT2D eigenvalue weighted by molar-refractivity contribution is -0.132. The molecule has 1 unspecified atom stereocenters. The zero-order valence-electron chi connectivity index (χ0n) is 14.5. The molecule has 7 nitrogen and oxygen atoms in total. The van der Waals surface area contributed by atoms with E-state index in [0.717, 1.165) is 12.2 Å². The number of benzene rings is 1. The van der Waals surface area contributed by atoms with Gasteiger partial charge in [0.25, 0.3) is 5.91 Å². The van der Waals surface area contributed by atoms with E-state index in [4.69, 9.17) is 9.47 Å². The van der Waals surface area contributed by atoms with Gasteiger partial charge in [0.15, 0.2) is 12.4 Å². The minimum absolute atomic E-state index is 0.0358. The van der Waals surface area contributed by atoms with Gasteiger partial charge in [-0.1, -0.05) is 18.2 Å². The number of para-hydroxylation sites is 1. The van der Waals surface area contributed by atoms with Gasteiger partial charge in [0.2, 0.25) is 5.88 Å². The molecule has 1 amide bonds. The highest BCUT2D eigenvalue weighted by Crippen LogP contribution is 2.18. The molecular weight excluding hydrogens is 320 g/mol. The van der Waals surface area contributed by atoms with Gasteiger partial charge in [-0.25, -0.2) is 0 Å². The first-order valence-corrected chi connectivity index (χ1v) is 8.25. The van der Waals surface area contributed by atoms with Gasteiger partial charge in [0, 0.05) is 33.1 Å². The highest BCUT2D eigenvalue weighted by Gasteiger charge is 2.28. The molecular formula is C18H22N4O3. The maximum atomic E-state index is 12.2. The van der Waals surface area contributed by atoms with Crippen LogP contribution >= 0.6 is 0 Å². The van der Waals surface area contributed by atoms with Crippen molar-refractivity contribution in [2.45, 2.75) is 12.5 Å². The average Bonchev–Trinajstić information content (AvgIpc) is 3.09. The van der Waals surface area contributed by atoms with E-state index in [2.05, 4.69) is 10.2 Å². The van der Waals surface area contributed by atoms with Crippen molar-refractivity contribution in [3.63, 3.8) is 0 Å². The van der Waals surface area contributed by atoms with E-state index >= 15 is 0 Å². The summed E-state index contributed by atoms with van der Waals surface area (Å²) in [6.45, 7) is 1.23. The molecule has 2 aromatic rings. The Kier molecular flexibility index (Phi) is 5.33. The first kappa shape index (κ1) is 17.0. The van der Waals surface area contributed by atoms with E-state index in [9.17, 15) is 4.79 Å². The van der Waals surface area contributed by atoms with E-state index < -0.39 is 0 Å². The van der Waals surface area contributed by atoms with Crippen molar-refractivity contribution in [1.82, 2.24) is 15.1 Å². The van der Waals surface area contributed by atoms with Crippen molar-refractivity contribution in [2.24, 2.45) is 0 Å². The topological polar surface area (TPSA) is 67.8 Å². The summed E-state index contributed by atoms with van der Waals surface area (Å²) in [6, 6.07) is 13.0. The molecule has 1 atom stereocenters. The molecule has 25 heavy (non-hydrogen) atoms. The Morgan fingerprint density at radius 2 is 2.00 bits per heavy atom. The zero-order valence-corrected chi connectivity index (χ0v) is 14.5. The van der Waals surface area contributed by atoms with Gasteiger partial charge in [0.05, 0.1) is 6.54 Å². The number of nitrogens with zero attached hydrogens (tertiary/aromatic N) is 4. The number of hydrogen-bond donors (Lipinski definition) is 0. The van der Waals surface area contributed by atoms with Crippen LogP contribution < -0.4 is 14.4 Å². The standard InChI is InChI=1S/C18H22N4O3/c1-21(2)16-8-9-17(20-19-16)25-15-10-11-22(12-15)18(23)13-24-14-6-4-3-5-7-14/h3-9,15H,10-13H2,1-2H3. The van der Waals surface area contributed by atoms with Crippen LogP contribution in [0.5, 0.6) is 11.6 Å². The Hall–Kier alpha value is -2.83. The van der Waals surface area contributed by atoms with Gasteiger partial charge in [0.1, 0.15) is 11.9 Å². The third-order valence-corrected chi connectivity index (χ3v) is 3.97. The monoisotopic (exact) mass is 342 g/mol. The first-order chi connectivity index (χ1) is 12.1. The van der Waals surface area contributed by atoms with Crippen molar-refractivity contribution in [1.29, 1.82) is 0 Å². The Bertz CT molecular complexity index is 691. The molecule has 7 heteroatoms. The van der Waals surface area contributed by atoms with Crippen LogP contribution in [-0.4, -0.2) is 60.9 Å². The highest BCUT2D eigenvalue weighted by atomic mass is 16.5. The molecule has 0 saturated carbocycles. The zero-order chi connectivity index (χ0) is 17.6. The Balaban J connectivity index is 1.47. The Labute approximate surface area is 147 Å². The predicted molar refractivity (Wildman–Crippen MR) is 93.9 cm³/mol. The minimum Gasteiger partial charge on any atom is -0.484 e. The second-order valence-corrected chi connectivity index (χ2v) is 6.09. The number of amides is 1. The second-order valence-electron chi connectivity index (χ2n) is 6.09. The smallest absolute Gasteiger partial charge is 0.260 e. The fourth-order valence-corrected chi connectivity index (χ4v) is 2.59. The maximum absolute atomic E-state index is 12.2. The summed E-state index contributed by atoms with van der Waals surface area (Å²) in [6.07, 6.45) is 0.703. The lowest BCUT2D eigenvalue weighted by Crippen LogP contribution is -2.34. The van der Waals surface area contributed by atoms with Gasteiger partial charge < -0.3 is 19.3 Å². The average molecular weight is 342 g/mol. The fourth-order valence-electron chi connectivity index (χ4n) is 2.59. The van der Waals surface area contributed by atoms with E-state index in [1.54, 1.807) is 11.0 Å². The van der Waals surface area contributed by atoms with Crippen molar-refractivity contribution in [3.8, 4) is 11.6 Å². The van der Waals surface area contributed by atoms with Crippen molar-refractivity contribution in [2.75, 3.05) is 38.7 Å².